The zero-order chi connectivity index (χ0) is 10.0. The predicted octanol–water partition coefficient (Wildman–Crippen LogP) is -0.0127. The number of piperidine rings is 1. The molecule has 2 rings (SSSR count). The fourth-order valence-electron chi connectivity index (χ4n) is 2.27. The first-order valence-electron chi connectivity index (χ1n) is 5.38. The standard InChI is InChI=1S/C10H18N2O2/c1-2-12-8-10(14-6-9(12)13)4-3-5-11-7-10/h11H,2-8H2,1H3. The lowest BCUT2D eigenvalue weighted by Crippen LogP contribution is -2.60. The molecule has 80 valence electrons. The molecular weight excluding hydrogens is 180 g/mol. The fourth-order valence-corrected chi connectivity index (χ4v) is 2.27. The van der Waals surface area contributed by atoms with Gasteiger partial charge in [-0.1, -0.05) is 0 Å². The molecule has 2 saturated heterocycles. The molecule has 0 radical (unpaired) electrons. The number of hydrogen-bond acceptors (Lipinski definition) is 3. The number of morpholine rings is 1. The highest BCUT2D eigenvalue weighted by molar-refractivity contribution is 5.78. The minimum Gasteiger partial charge on any atom is -0.362 e. The second kappa shape index (κ2) is 3.87. The van der Waals surface area contributed by atoms with Gasteiger partial charge in [0.1, 0.15) is 6.61 Å². The summed E-state index contributed by atoms with van der Waals surface area (Å²) in [7, 11) is 0. The monoisotopic (exact) mass is 198 g/mol. The van der Waals surface area contributed by atoms with E-state index in [-0.39, 0.29) is 18.1 Å². The highest BCUT2D eigenvalue weighted by Crippen LogP contribution is 2.25. The van der Waals surface area contributed by atoms with Crippen LogP contribution in [0.15, 0.2) is 0 Å². The van der Waals surface area contributed by atoms with Crippen LogP contribution in [0.2, 0.25) is 0 Å². The quantitative estimate of drug-likeness (QED) is 0.644. The van der Waals surface area contributed by atoms with Crippen molar-refractivity contribution in [3.05, 3.63) is 0 Å². The maximum Gasteiger partial charge on any atom is 0.248 e. The van der Waals surface area contributed by atoms with Crippen LogP contribution in [0.3, 0.4) is 0 Å². The maximum absolute atomic E-state index is 11.4. The van der Waals surface area contributed by atoms with Gasteiger partial charge in [0.15, 0.2) is 0 Å². The van der Waals surface area contributed by atoms with Crippen LogP contribution in [0, 0.1) is 0 Å². The van der Waals surface area contributed by atoms with E-state index in [1.165, 1.54) is 0 Å². The van der Waals surface area contributed by atoms with Crippen LogP contribution >= 0.6 is 0 Å². The van der Waals surface area contributed by atoms with Crippen molar-refractivity contribution in [2.45, 2.75) is 25.4 Å². The molecule has 0 bridgehead atoms. The van der Waals surface area contributed by atoms with Gasteiger partial charge in [-0.15, -0.1) is 0 Å². The van der Waals surface area contributed by atoms with Gasteiger partial charge >= 0.3 is 0 Å². The van der Waals surface area contributed by atoms with Gasteiger partial charge in [0.2, 0.25) is 5.91 Å². The highest BCUT2D eigenvalue weighted by Gasteiger charge is 2.40. The predicted molar refractivity (Wildman–Crippen MR) is 53.0 cm³/mol. The summed E-state index contributed by atoms with van der Waals surface area (Å²) in [6, 6.07) is 0. The lowest BCUT2D eigenvalue weighted by molar-refractivity contribution is -0.165. The molecule has 14 heavy (non-hydrogen) atoms. The molecule has 4 heteroatoms. The molecule has 1 atom stereocenters. The van der Waals surface area contributed by atoms with E-state index in [1.807, 2.05) is 11.8 Å². The zero-order valence-electron chi connectivity index (χ0n) is 8.71. The number of hydrogen-bond donors (Lipinski definition) is 1. The van der Waals surface area contributed by atoms with Crippen molar-refractivity contribution in [2.24, 2.45) is 0 Å². The van der Waals surface area contributed by atoms with Gasteiger partial charge in [0.25, 0.3) is 0 Å². The van der Waals surface area contributed by atoms with Crippen molar-refractivity contribution in [2.75, 3.05) is 32.8 Å². The Labute approximate surface area is 84.6 Å². The Morgan fingerprint density at radius 3 is 3.14 bits per heavy atom. The van der Waals surface area contributed by atoms with Crippen molar-refractivity contribution in [1.82, 2.24) is 10.2 Å². The summed E-state index contributed by atoms with van der Waals surface area (Å²) in [5.74, 6) is 0.128. The summed E-state index contributed by atoms with van der Waals surface area (Å²) >= 11 is 0. The van der Waals surface area contributed by atoms with E-state index in [0.29, 0.717) is 0 Å². The summed E-state index contributed by atoms with van der Waals surface area (Å²) in [5.41, 5.74) is -0.0951. The van der Waals surface area contributed by atoms with Crippen molar-refractivity contribution >= 4 is 5.91 Å². The Kier molecular flexibility index (Phi) is 2.74. The van der Waals surface area contributed by atoms with Crippen molar-refractivity contribution in [3.8, 4) is 0 Å². The van der Waals surface area contributed by atoms with Gasteiger partial charge < -0.3 is 15.0 Å². The molecule has 2 heterocycles. The third-order valence-electron chi connectivity index (χ3n) is 3.15. The van der Waals surface area contributed by atoms with E-state index in [4.69, 9.17) is 4.74 Å². The number of nitrogens with one attached hydrogen (secondary N) is 1. The Morgan fingerprint density at radius 2 is 2.50 bits per heavy atom. The molecule has 1 amide bonds. The van der Waals surface area contributed by atoms with Crippen LogP contribution in [-0.2, 0) is 9.53 Å². The molecule has 2 aliphatic heterocycles. The molecule has 0 aromatic rings. The minimum absolute atomic E-state index is 0.0951. The van der Waals surface area contributed by atoms with Gasteiger partial charge in [0.05, 0.1) is 12.1 Å². The van der Waals surface area contributed by atoms with Crippen LogP contribution < -0.4 is 5.32 Å². The molecule has 1 unspecified atom stereocenters. The average Bonchev–Trinajstić information content (AvgIpc) is 2.23. The van der Waals surface area contributed by atoms with E-state index >= 15 is 0 Å². The minimum atomic E-state index is -0.0951. The van der Waals surface area contributed by atoms with Gasteiger partial charge in [0, 0.05) is 13.1 Å². The average molecular weight is 198 g/mol. The molecule has 2 fully saturated rings. The van der Waals surface area contributed by atoms with Crippen molar-refractivity contribution < 1.29 is 9.53 Å². The molecule has 1 spiro atoms. The van der Waals surface area contributed by atoms with Gasteiger partial charge in [-0.3, -0.25) is 4.79 Å². The lowest BCUT2D eigenvalue weighted by Gasteiger charge is -2.44. The van der Waals surface area contributed by atoms with Gasteiger partial charge in [-0.05, 0) is 26.3 Å². The van der Waals surface area contributed by atoms with Crippen LogP contribution in [0.1, 0.15) is 19.8 Å². The fraction of sp³-hybridized carbons (Fsp3) is 0.900. The van der Waals surface area contributed by atoms with Gasteiger partial charge in [-0.2, -0.15) is 0 Å². The van der Waals surface area contributed by atoms with Gasteiger partial charge in [-0.25, -0.2) is 0 Å². The van der Waals surface area contributed by atoms with Crippen LogP contribution in [0.4, 0.5) is 0 Å². The van der Waals surface area contributed by atoms with Crippen LogP contribution in [0.25, 0.3) is 0 Å². The first-order chi connectivity index (χ1) is 6.76. The third-order valence-corrected chi connectivity index (χ3v) is 3.15. The smallest absolute Gasteiger partial charge is 0.248 e. The van der Waals surface area contributed by atoms with E-state index in [0.717, 1.165) is 39.0 Å². The van der Waals surface area contributed by atoms with Crippen LogP contribution in [-0.4, -0.2) is 49.2 Å². The molecule has 4 nitrogen and oxygen atoms in total. The normalized spacial score (nSPS) is 33.8. The Balaban J connectivity index is 2.03. The Bertz CT molecular complexity index is 224. The summed E-state index contributed by atoms with van der Waals surface area (Å²) in [6.45, 7) is 5.80. The second-order valence-electron chi connectivity index (χ2n) is 4.16. The summed E-state index contributed by atoms with van der Waals surface area (Å²) < 4.78 is 5.70. The number of carbonyl (C=O) groups excluding carboxylic acids is 1. The summed E-state index contributed by atoms with van der Waals surface area (Å²) in [4.78, 5) is 13.3. The van der Waals surface area contributed by atoms with Crippen molar-refractivity contribution in [3.63, 3.8) is 0 Å². The van der Waals surface area contributed by atoms with Crippen LogP contribution in [0.5, 0.6) is 0 Å². The van der Waals surface area contributed by atoms with E-state index in [9.17, 15) is 4.79 Å². The number of ether oxygens (including phenoxy) is 1. The van der Waals surface area contributed by atoms with E-state index in [1.54, 1.807) is 0 Å². The number of carbonyl (C=O) groups is 1. The largest absolute Gasteiger partial charge is 0.362 e. The molecule has 0 aliphatic carbocycles. The lowest BCUT2D eigenvalue weighted by atomic mass is 9.92. The first-order valence-corrected chi connectivity index (χ1v) is 5.38. The number of amides is 1. The third kappa shape index (κ3) is 1.77. The summed E-state index contributed by atoms with van der Waals surface area (Å²) in [5, 5.41) is 3.34. The molecule has 2 aliphatic rings. The molecule has 0 aromatic carbocycles. The molecule has 0 aromatic heterocycles. The second-order valence-corrected chi connectivity index (χ2v) is 4.16. The number of nitrogens with zero attached hydrogens (tertiary/aromatic N) is 1. The molecule has 1 N–H and O–H groups in total. The Hall–Kier alpha value is -0.610. The van der Waals surface area contributed by atoms with Crippen molar-refractivity contribution in [1.29, 1.82) is 0 Å². The first kappa shape index (κ1) is 9.93. The number of rotatable bonds is 1. The topological polar surface area (TPSA) is 41.6 Å². The SMILES string of the molecule is CCN1CC2(CCCNC2)OCC1=O. The summed E-state index contributed by atoms with van der Waals surface area (Å²) in [6.07, 6.45) is 2.22. The highest BCUT2D eigenvalue weighted by atomic mass is 16.5. The van der Waals surface area contributed by atoms with E-state index in [2.05, 4.69) is 5.32 Å². The Morgan fingerprint density at radius 1 is 1.64 bits per heavy atom. The number of likely N-dealkylation sites (N-methyl/N-ethyl adjacent to an activating group) is 1. The zero-order valence-corrected chi connectivity index (χ0v) is 8.71. The molecule has 0 saturated carbocycles. The molecular formula is C10H18N2O2. The maximum atomic E-state index is 11.4. The van der Waals surface area contributed by atoms with E-state index < -0.39 is 0 Å².